The third kappa shape index (κ3) is 5.20. The van der Waals surface area contributed by atoms with Crippen molar-refractivity contribution in [3.63, 3.8) is 0 Å². The SMILES string of the molecule is Cc1cc([N+](=O)[O-])ccc1NC(=O)CCCOc1cc(C)c(Cl)c(C)c1. The molecule has 0 aliphatic heterocycles. The molecule has 26 heavy (non-hydrogen) atoms. The molecule has 0 heterocycles. The Kier molecular flexibility index (Phi) is 6.58. The summed E-state index contributed by atoms with van der Waals surface area (Å²) in [5, 5.41) is 14.2. The number of carbonyl (C=O) groups is 1. The van der Waals surface area contributed by atoms with E-state index in [1.807, 2.05) is 26.0 Å². The van der Waals surface area contributed by atoms with Gasteiger partial charge in [0, 0.05) is 29.3 Å². The van der Waals surface area contributed by atoms with E-state index in [2.05, 4.69) is 5.32 Å². The van der Waals surface area contributed by atoms with Gasteiger partial charge in [0.1, 0.15) is 5.75 Å². The van der Waals surface area contributed by atoms with Crippen molar-refractivity contribution in [1.82, 2.24) is 0 Å². The van der Waals surface area contributed by atoms with E-state index in [1.165, 1.54) is 12.1 Å². The summed E-state index contributed by atoms with van der Waals surface area (Å²) >= 11 is 6.12. The molecule has 0 radical (unpaired) electrons. The third-order valence-electron chi connectivity index (χ3n) is 3.92. The van der Waals surface area contributed by atoms with Gasteiger partial charge in [0.15, 0.2) is 0 Å². The van der Waals surface area contributed by atoms with E-state index in [0.717, 1.165) is 21.9 Å². The molecule has 1 N–H and O–H groups in total. The highest BCUT2D eigenvalue weighted by Crippen LogP contribution is 2.26. The molecule has 0 atom stereocenters. The van der Waals surface area contributed by atoms with Crippen LogP contribution in [0.5, 0.6) is 5.75 Å². The van der Waals surface area contributed by atoms with E-state index in [9.17, 15) is 14.9 Å². The molecular formula is C19H21ClN2O4. The largest absolute Gasteiger partial charge is 0.494 e. The van der Waals surface area contributed by atoms with Crippen LogP contribution in [0.1, 0.15) is 29.5 Å². The summed E-state index contributed by atoms with van der Waals surface area (Å²) in [5.41, 5.74) is 3.13. The van der Waals surface area contributed by atoms with Gasteiger partial charge in [-0.1, -0.05) is 11.6 Å². The van der Waals surface area contributed by atoms with Gasteiger partial charge in [-0.15, -0.1) is 0 Å². The number of amides is 1. The van der Waals surface area contributed by atoms with Crippen LogP contribution in [-0.4, -0.2) is 17.4 Å². The molecule has 0 saturated heterocycles. The molecule has 0 fully saturated rings. The highest BCUT2D eigenvalue weighted by Gasteiger charge is 2.10. The van der Waals surface area contributed by atoms with Gasteiger partial charge in [0.05, 0.1) is 11.5 Å². The number of ether oxygens (including phenoxy) is 1. The van der Waals surface area contributed by atoms with Crippen molar-refractivity contribution in [2.45, 2.75) is 33.6 Å². The first-order valence-corrected chi connectivity index (χ1v) is 8.60. The van der Waals surface area contributed by atoms with E-state index in [1.54, 1.807) is 13.0 Å². The van der Waals surface area contributed by atoms with Gasteiger partial charge in [-0.25, -0.2) is 0 Å². The minimum atomic E-state index is -0.462. The van der Waals surface area contributed by atoms with Crippen molar-refractivity contribution in [2.24, 2.45) is 0 Å². The first-order chi connectivity index (χ1) is 12.3. The quantitative estimate of drug-likeness (QED) is 0.420. The molecule has 6 nitrogen and oxygen atoms in total. The lowest BCUT2D eigenvalue weighted by Crippen LogP contribution is -2.13. The van der Waals surface area contributed by atoms with E-state index in [4.69, 9.17) is 16.3 Å². The number of hydrogen-bond acceptors (Lipinski definition) is 4. The number of rotatable bonds is 7. The van der Waals surface area contributed by atoms with Crippen LogP contribution in [0.4, 0.5) is 11.4 Å². The molecule has 0 aliphatic carbocycles. The molecule has 2 aromatic carbocycles. The predicted molar refractivity (Wildman–Crippen MR) is 102 cm³/mol. The van der Waals surface area contributed by atoms with Gasteiger partial charge in [-0.2, -0.15) is 0 Å². The molecule has 0 aromatic heterocycles. The van der Waals surface area contributed by atoms with Crippen molar-refractivity contribution in [3.05, 3.63) is 62.2 Å². The van der Waals surface area contributed by atoms with Crippen LogP contribution in [-0.2, 0) is 4.79 Å². The van der Waals surface area contributed by atoms with Gasteiger partial charge in [-0.3, -0.25) is 14.9 Å². The molecule has 1 amide bonds. The summed E-state index contributed by atoms with van der Waals surface area (Å²) < 4.78 is 5.68. The molecule has 2 rings (SSSR count). The Morgan fingerprint density at radius 2 is 1.81 bits per heavy atom. The highest BCUT2D eigenvalue weighted by atomic mass is 35.5. The number of nitrogens with one attached hydrogen (secondary N) is 1. The monoisotopic (exact) mass is 376 g/mol. The van der Waals surface area contributed by atoms with Gasteiger partial charge in [-0.05, 0) is 62.1 Å². The van der Waals surface area contributed by atoms with Crippen molar-refractivity contribution in [3.8, 4) is 5.75 Å². The Hall–Kier alpha value is -2.60. The molecule has 0 spiro atoms. The average molecular weight is 377 g/mol. The number of nitrogens with zero attached hydrogens (tertiary/aromatic N) is 1. The fraction of sp³-hybridized carbons (Fsp3) is 0.316. The molecule has 0 bridgehead atoms. The molecule has 138 valence electrons. The van der Waals surface area contributed by atoms with E-state index in [-0.39, 0.29) is 11.6 Å². The van der Waals surface area contributed by atoms with Gasteiger partial charge < -0.3 is 10.1 Å². The summed E-state index contributed by atoms with van der Waals surface area (Å²) in [4.78, 5) is 22.3. The number of aryl methyl sites for hydroxylation is 3. The predicted octanol–water partition coefficient (Wildman–Crippen LogP) is 4.97. The van der Waals surface area contributed by atoms with Crippen LogP contribution in [0.3, 0.4) is 0 Å². The maximum absolute atomic E-state index is 12.0. The zero-order valence-corrected chi connectivity index (χ0v) is 15.7. The van der Waals surface area contributed by atoms with Gasteiger partial charge in [0.2, 0.25) is 5.91 Å². The summed E-state index contributed by atoms with van der Waals surface area (Å²) in [5.74, 6) is 0.574. The van der Waals surface area contributed by atoms with Crippen LogP contribution in [0.15, 0.2) is 30.3 Å². The molecule has 0 saturated carbocycles. The third-order valence-corrected chi connectivity index (χ3v) is 4.52. The Labute approximate surface area is 157 Å². The first kappa shape index (κ1) is 19.7. The van der Waals surface area contributed by atoms with Crippen LogP contribution >= 0.6 is 11.6 Å². The van der Waals surface area contributed by atoms with E-state index in [0.29, 0.717) is 30.7 Å². The average Bonchev–Trinajstić information content (AvgIpc) is 2.58. The summed E-state index contributed by atoms with van der Waals surface area (Å²) in [6.07, 6.45) is 0.848. The van der Waals surface area contributed by atoms with Crippen molar-refractivity contribution in [2.75, 3.05) is 11.9 Å². The number of non-ortho nitro benzene ring substituents is 1. The normalized spacial score (nSPS) is 10.5. The standard InChI is InChI=1S/C19H21ClN2O4/c1-12-9-15(22(24)25)6-7-17(12)21-18(23)5-4-8-26-16-10-13(2)19(20)14(3)11-16/h6-7,9-11H,4-5,8H2,1-3H3,(H,21,23). The Balaban J connectivity index is 1.81. The van der Waals surface area contributed by atoms with Crippen LogP contribution in [0, 0.1) is 30.9 Å². The summed E-state index contributed by atoms with van der Waals surface area (Å²) in [6, 6.07) is 8.09. The van der Waals surface area contributed by atoms with E-state index < -0.39 is 4.92 Å². The minimum Gasteiger partial charge on any atom is -0.494 e. The Morgan fingerprint density at radius 3 is 2.38 bits per heavy atom. The van der Waals surface area contributed by atoms with Crippen molar-refractivity contribution < 1.29 is 14.5 Å². The smallest absolute Gasteiger partial charge is 0.269 e. The molecular weight excluding hydrogens is 356 g/mol. The number of carbonyl (C=O) groups excluding carboxylic acids is 1. The number of hydrogen-bond donors (Lipinski definition) is 1. The molecule has 7 heteroatoms. The molecule has 2 aromatic rings. The number of nitro groups is 1. The fourth-order valence-corrected chi connectivity index (χ4v) is 2.64. The number of halogens is 1. The second-order valence-electron chi connectivity index (χ2n) is 6.13. The summed E-state index contributed by atoms with van der Waals surface area (Å²) in [6.45, 7) is 5.97. The van der Waals surface area contributed by atoms with E-state index >= 15 is 0 Å². The minimum absolute atomic E-state index is 0.00227. The Bertz CT molecular complexity index is 813. The molecule has 0 aliphatic rings. The topological polar surface area (TPSA) is 81.5 Å². The second kappa shape index (κ2) is 8.67. The zero-order chi connectivity index (χ0) is 19.3. The maximum Gasteiger partial charge on any atom is 0.269 e. The van der Waals surface area contributed by atoms with Gasteiger partial charge >= 0.3 is 0 Å². The van der Waals surface area contributed by atoms with Crippen molar-refractivity contribution in [1.29, 1.82) is 0 Å². The maximum atomic E-state index is 12.0. The lowest BCUT2D eigenvalue weighted by Gasteiger charge is -2.11. The number of anilines is 1. The molecule has 0 unspecified atom stereocenters. The van der Waals surface area contributed by atoms with Crippen LogP contribution in [0.2, 0.25) is 5.02 Å². The second-order valence-corrected chi connectivity index (χ2v) is 6.51. The van der Waals surface area contributed by atoms with Crippen molar-refractivity contribution >= 4 is 28.9 Å². The van der Waals surface area contributed by atoms with Crippen LogP contribution < -0.4 is 10.1 Å². The zero-order valence-electron chi connectivity index (χ0n) is 15.0. The van der Waals surface area contributed by atoms with Gasteiger partial charge in [0.25, 0.3) is 5.69 Å². The first-order valence-electron chi connectivity index (χ1n) is 8.22. The fourth-order valence-electron chi connectivity index (χ4n) is 2.53. The number of benzene rings is 2. The lowest BCUT2D eigenvalue weighted by molar-refractivity contribution is -0.384. The van der Waals surface area contributed by atoms with Crippen LogP contribution in [0.25, 0.3) is 0 Å². The number of nitro benzene ring substituents is 1. The highest BCUT2D eigenvalue weighted by molar-refractivity contribution is 6.32. The lowest BCUT2D eigenvalue weighted by atomic mass is 10.1. The Morgan fingerprint density at radius 1 is 1.15 bits per heavy atom. The summed E-state index contributed by atoms with van der Waals surface area (Å²) in [7, 11) is 0.